The van der Waals surface area contributed by atoms with Crippen LogP contribution in [0.25, 0.3) is 11.0 Å². The lowest BCUT2D eigenvalue weighted by atomic mass is 10.0. The summed E-state index contributed by atoms with van der Waals surface area (Å²) in [5.41, 5.74) is 2.02. The van der Waals surface area contributed by atoms with Crippen LogP contribution in [0, 0.1) is 6.92 Å². The van der Waals surface area contributed by atoms with Crippen molar-refractivity contribution in [1.29, 1.82) is 0 Å². The Morgan fingerprint density at radius 3 is 2.47 bits per heavy atom. The van der Waals surface area contributed by atoms with Gasteiger partial charge in [-0.15, -0.1) is 0 Å². The van der Waals surface area contributed by atoms with Crippen molar-refractivity contribution in [3.8, 4) is 0 Å². The van der Waals surface area contributed by atoms with E-state index in [2.05, 4.69) is 13.8 Å². The SMILES string of the molecule is Cc1c(S(=O)(=O)O)oc2ccc(C(C)C)cc12. The van der Waals surface area contributed by atoms with Gasteiger partial charge in [0.1, 0.15) is 5.58 Å². The molecule has 0 aliphatic carbocycles. The zero-order chi connectivity index (χ0) is 12.8. The molecule has 5 heteroatoms. The maximum Gasteiger partial charge on any atom is 0.328 e. The van der Waals surface area contributed by atoms with Gasteiger partial charge in [-0.2, -0.15) is 8.42 Å². The minimum absolute atomic E-state index is 0.350. The summed E-state index contributed by atoms with van der Waals surface area (Å²) in [5.74, 6) is 0.350. The molecule has 4 nitrogen and oxygen atoms in total. The summed E-state index contributed by atoms with van der Waals surface area (Å²) < 4.78 is 36.4. The van der Waals surface area contributed by atoms with Crippen LogP contribution in [0.4, 0.5) is 0 Å². The fourth-order valence-electron chi connectivity index (χ4n) is 1.82. The number of rotatable bonds is 2. The maximum atomic E-state index is 11.1. The van der Waals surface area contributed by atoms with Crippen molar-refractivity contribution in [1.82, 2.24) is 0 Å². The molecule has 2 aromatic rings. The highest BCUT2D eigenvalue weighted by molar-refractivity contribution is 7.85. The summed E-state index contributed by atoms with van der Waals surface area (Å²) in [6.45, 7) is 5.74. The first-order valence-corrected chi connectivity index (χ1v) is 6.75. The molecule has 0 fully saturated rings. The number of hydrogen-bond acceptors (Lipinski definition) is 3. The van der Waals surface area contributed by atoms with E-state index in [-0.39, 0.29) is 5.09 Å². The Labute approximate surface area is 100.0 Å². The normalized spacial score (nSPS) is 12.5. The summed E-state index contributed by atoms with van der Waals surface area (Å²) in [6.07, 6.45) is 0. The molecule has 0 atom stereocenters. The Morgan fingerprint density at radius 2 is 1.94 bits per heavy atom. The van der Waals surface area contributed by atoms with Crippen LogP contribution in [0.3, 0.4) is 0 Å². The van der Waals surface area contributed by atoms with Crippen LogP contribution in [0.15, 0.2) is 27.7 Å². The molecule has 1 aromatic heterocycles. The molecule has 0 amide bonds. The average Bonchev–Trinajstić information content (AvgIpc) is 2.55. The minimum Gasteiger partial charge on any atom is -0.442 e. The highest BCUT2D eigenvalue weighted by atomic mass is 32.2. The third kappa shape index (κ3) is 2.08. The topological polar surface area (TPSA) is 67.5 Å². The molecular formula is C12H14O4S. The van der Waals surface area contributed by atoms with Gasteiger partial charge in [0, 0.05) is 10.9 Å². The Morgan fingerprint density at radius 1 is 1.29 bits per heavy atom. The number of furan rings is 1. The van der Waals surface area contributed by atoms with Crippen LogP contribution in [0.2, 0.25) is 0 Å². The summed E-state index contributed by atoms with van der Waals surface area (Å²) in [5, 5.41) is 0.359. The van der Waals surface area contributed by atoms with E-state index < -0.39 is 10.1 Å². The molecule has 0 aliphatic heterocycles. The first kappa shape index (κ1) is 12.1. The van der Waals surface area contributed by atoms with Crippen LogP contribution in [-0.4, -0.2) is 13.0 Å². The van der Waals surface area contributed by atoms with Crippen LogP contribution in [0.1, 0.15) is 30.9 Å². The number of aryl methyl sites for hydroxylation is 1. The van der Waals surface area contributed by atoms with E-state index in [1.165, 1.54) is 0 Å². The molecule has 1 heterocycles. The fourth-order valence-corrected chi connectivity index (χ4v) is 2.51. The molecule has 0 aliphatic rings. The molecule has 1 N–H and O–H groups in total. The van der Waals surface area contributed by atoms with E-state index in [9.17, 15) is 8.42 Å². The monoisotopic (exact) mass is 254 g/mol. The van der Waals surface area contributed by atoms with Gasteiger partial charge in [0.15, 0.2) is 0 Å². The van der Waals surface area contributed by atoms with Crippen molar-refractivity contribution in [3.63, 3.8) is 0 Å². The zero-order valence-electron chi connectivity index (χ0n) is 9.89. The largest absolute Gasteiger partial charge is 0.442 e. The second kappa shape index (κ2) is 3.85. The van der Waals surface area contributed by atoms with E-state index in [0.717, 1.165) is 10.9 Å². The first-order chi connectivity index (χ1) is 7.80. The van der Waals surface area contributed by atoms with Gasteiger partial charge in [-0.25, -0.2) is 0 Å². The van der Waals surface area contributed by atoms with Gasteiger partial charge in [-0.05, 0) is 30.5 Å². The molecular weight excluding hydrogens is 240 g/mol. The Kier molecular flexibility index (Phi) is 2.75. The zero-order valence-corrected chi connectivity index (χ0v) is 10.7. The Bertz CT molecular complexity index is 665. The predicted molar refractivity (Wildman–Crippen MR) is 64.9 cm³/mol. The minimum atomic E-state index is -4.30. The molecule has 0 saturated heterocycles. The lowest BCUT2D eigenvalue weighted by Gasteiger charge is -2.04. The molecule has 0 saturated carbocycles. The quantitative estimate of drug-likeness (QED) is 0.836. The second-order valence-corrected chi connectivity index (χ2v) is 5.72. The summed E-state index contributed by atoms with van der Waals surface area (Å²) in [4.78, 5) is 0. The summed E-state index contributed by atoms with van der Waals surface area (Å²) in [7, 11) is -4.30. The van der Waals surface area contributed by atoms with Gasteiger partial charge < -0.3 is 4.42 Å². The van der Waals surface area contributed by atoms with Crippen molar-refractivity contribution in [2.24, 2.45) is 0 Å². The van der Waals surface area contributed by atoms with Crippen LogP contribution in [-0.2, 0) is 10.1 Å². The molecule has 2 rings (SSSR count). The number of benzene rings is 1. The van der Waals surface area contributed by atoms with Crippen LogP contribution in [0.5, 0.6) is 0 Å². The second-order valence-electron chi connectivity index (χ2n) is 4.40. The highest BCUT2D eigenvalue weighted by Gasteiger charge is 2.21. The van der Waals surface area contributed by atoms with Gasteiger partial charge in [-0.3, -0.25) is 4.55 Å². The predicted octanol–water partition coefficient (Wildman–Crippen LogP) is 3.11. The van der Waals surface area contributed by atoms with Crippen LogP contribution >= 0.6 is 0 Å². The van der Waals surface area contributed by atoms with Crippen molar-refractivity contribution < 1.29 is 17.4 Å². The van der Waals surface area contributed by atoms with Gasteiger partial charge in [-0.1, -0.05) is 19.9 Å². The number of hydrogen-bond donors (Lipinski definition) is 1. The van der Waals surface area contributed by atoms with Gasteiger partial charge >= 0.3 is 10.1 Å². The van der Waals surface area contributed by atoms with E-state index in [1.807, 2.05) is 12.1 Å². The molecule has 17 heavy (non-hydrogen) atoms. The van der Waals surface area contributed by atoms with Crippen molar-refractivity contribution in [2.45, 2.75) is 31.8 Å². The first-order valence-electron chi connectivity index (χ1n) is 5.31. The smallest absolute Gasteiger partial charge is 0.328 e. The average molecular weight is 254 g/mol. The molecule has 92 valence electrons. The lowest BCUT2D eigenvalue weighted by Crippen LogP contribution is -1.97. The van der Waals surface area contributed by atoms with E-state index in [1.54, 1.807) is 13.0 Å². The van der Waals surface area contributed by atoms with Crippen LogP contribution < -0.4 is 0 Å². The van der Waals surface area contributed by atoms with Gasteiger partial charge in [0.25, 0.3) is 0 Å². The maximum absolute atomic E-state index is 11.1. The molecule has 0 spiro atoms. The third-order valence-corrected chi connectivity index (χ3v) is 3.68. The third-order valence-electron chi connectivity index (χ3n) is 2.82. The van der Waals surface area contributed by atoms with Crippen molar-refractivity contribution in [2.75, 3.05) is 0 Å². The fraction of sp³-hybridized carbons (Fsp3) is 0.333. The Hall–Kier alpha value is -1.33. The van der Waals surface area contributed by atoms with E-state index in [0.29, 0.717) is 17.1 Å². The highest BCUT2D eigenvalue weighted by Crippen LogP contribution is 2.30. The standard InChI is InChI=1S/C12H14O4S/c1-7(2)9-4-5-11-10(6-9)8(3)12(16-11)17(13,14)15/h4-7H,1-3H3,(H,13,14,15). The van der Waals surface area contributed by atoms with E-state index >= 15 is 0 Å². The summed E-state index contributed by atoms with van der Waals surface area (Å²) >= 11 is 0. The summed E-state index contributed by atoms with van der Waals surface area (Å²) in [6, 6.07) is 5.52. The molecule has 1 aromatic carbocycles. The van der Waals surface area contributed by atoms with Crippen molar-refractivity contribution >= 4 is 21.1 Å². The van der Waals surface area contributed by atoms with E-state index in [4.69, 9.17) is 8.97 Å². The lowest BCUT2D eigenvalue weighted by molar-refractivity contribution is 0.421. The van der Waals surface area contributed by atoms with Gasteiger partial charge in [0.2, 0.25) is 5.09 Å². The van der Waals surface area contributed by atoms with Gasteiger partial charge in [0.05, 0.1) is 0 Å². The molecule has 0 radical (unpaired) electrons. The number of fused-ring (bicyclic) bond motifs is 1. The molecule has 0 bridgehead atoms. The molecule has 0 unspecified atom stereocenters. The van der Waals surface area contributed by atoms with Crippen molar-refractivity contribution in [3.05, 3.63) is 29.3 Å². The Balaban J connectivity index is 2.76.